The van der Waals surface area contributed by atoms with E-state index >= 15 is 0 Å². The van der Waals surface area contributed by atoms with Gasteiger partial charge in [0.25, 0.3) is 0 Å². The van der Waals surface area contributed by atoms with Crippen LogP contribution in [0.1, 0.15) is 27.7 Å². The Bertz CT molecular complexity index is 237. The molecular formula is C6H14N2O2S. The molecule has 0 aromatic rings. The third kappa shape index (κ3) is 3.98. The quantitative estimate of drug-likeness (QED) is 0.511. The Morgan fingerprint density at radius 2 is 1.82 bits per heavy atom. The number of hydrogen-bond donors (Lipinski definition) is 1. The lowest BCUT2D eigenvalue weighted by Gasteiger charge is -2.05. The van der Waals surface area contributed by atoms with Crippen LogP contribution >= 0.6 is 0 Å². The molecule has 0 aromatic carbocycles. The van der Waals surface area contributed by atoms with Crippen molar-refractivity contribution in [2.24, 2.45) is 5.10 Å². The minimum atomic E-state index is -3.23. The lowest BCUT2D eigenvalue weighted by Crippen LogP contribution is -2.27. The highest BCUT2D eigenvalue weighted by atomic mass is 32.2. The summed E-state index contributed by atoms with van der Waals surface area (Å²) in [5.74, 6) is 0. The van der Waals surface area contributed by atoms with E-state index in [4.69, 9.17) is 0 Å². The number of nitrogens with zero attached hydrogens (tertiary/aromatic N) is 1. The average molecular weight is 178 g/mol. The van der Waals surface area contributed by atoms with E-state index in [0.717, 1.165) is 0 Å². The smallest absolute Gasteiger partial charge is 0.205 e. The molecule has 0 aliphatic rings. The van der Waals surface area contributed by atoms with Crippen molar-refractivity contribution < 1.29 is 8.42 Å². The molecule has 1 N–H and O–H groups in total. The minimum Gasteiger partial charge on any atom is -0.205 e. The summed E-state index contributed by atoms with van der Waals surface area (Å²) in [4.78, 5) is 2.12. The highest BCUT2D eigenvalue weighted by Gasteiger charge is 2.13. The largest absolute Gasteiger partial charge is 0.249 e. The van der Waals surface area contributed by atoms with Crippen molar-refractivity contribution in [2.75, 3.05) is 0 Å². The van der Waals surface area contributed by atoms with Gasteiger partial charge in [-0.05, 0) is 27.7 Å². The predicted octanol–water partition coefficient (Wildman–Crippen LogP) is 0.710. The van der Waals surface area contributed by atoms with Crippen molar-refractivity contribution >= 4 is 15.7 Å². The molecule has 4 nitrogen and oxygen atoms in total. The molecule has 0 amide bonds. The van der Waals surface area contributed by atoms with Gasteiger partial charge in [-0.3, -0.25) is 0 Å². The van der Waals surface area contributed by atoms with Crippen LogP contribution in [0.2, 0.25) is 0 Å². The number of hydrazone groups is 1. The van der Waals surface area contributed by atoms with Crippen LogP contribution in [-0.2, 0) is 10.0 Å². The van der Waals surface area contributed by atoms with Crippen LogP contribution in [0.25, 0.3) is 0 Å². The fraction of sp³-hybridized carbons (Fsp3) is 0.833. The molecule has 0 fully saturated rings. The zero-order chi connectivity index (χ0) is 9.07. The van der Waals surface area contributed by atoms with Gasteiger partial charge in [-0.15, -0.1) is 0 Å². The minimum absolute atomic E-state index is 0.439. The van der Waals surface area contributed by atoms with Gasteiger partial charge in [0.05, 0.1) is 5.25 Å². The molecule has 0 saturated carbocycles. The summed E-state index contributed by atoms with van der Waals surface area (Å²) in [5.41, 5.74) is 0.689. The van der Waals surface area contributed by atoms with Crippen molar-refractivity contribution in [1.82, 2.24) is 4.83 Å². The van der Waals surface area contributed by atoms with Crippen molar-refractivity contribution in [1.29, 1.82) is 0 Å². The molecule has 0 rings (SSSR count). The second kappa shape index (κ2) is 3.71. The van der Waals surface area contributed by atoms with Gasteiger partial charge < -0.3 is 0 Å². The highest BCUT2D eigenvalue weighted by Crippen LogP contribution is 1.94. The number of rotatable bonds is 3. The molecule has 0 aliphatic heterocycles. The van der Waals surface area contributed by atoms with Crippen LogP contribution in [0.15, 0.2) is 5.10 Å². The van der Waals surface area contributed by atoms with Gasteiger partial charge >= 0.3 is 0 Å². The Morgan fingerprint density at radius 3 is 2.09 bits per heavy atom. The summed E-state index contributed by atoms with van der Waals surface area (Å²) in [6, 6.07) is 0. The van der Waals surface area contributed by atoms with E-state index < -0.39 is 15.3 Å². The van der Waals surface area contributed by atoms with Crippen LogP contribution in [-0.4, -0.2) is 19.4 Å². The van der Waals surface area contributed by atoms with Crippen molar-refractivity contribution in [3.63, 3.8) is 0 Å². The fourth-order valence-electron chi connectivity index (χ4n) is 0.260. The average Bonchev–Trinajstić information content (AvgIpc) is 1.84. The van der Waals surface area contributed by atoms with Crippen LogP contribution in [0.3, 0.4) is 0 Å². The van der Waals surface area contributed by atoms with Crippen LogP contribution in [0.5, 0.6) is 0 Å². The maximum absolute atomic E-state index is 11.0. The molecular weight excluding hydrogens is 164 g/mol. The Labute approximate surface area is 67.7 Å². The molecule has 0 unspecified atom stereocenters. The maximum Gasteiger partial charge on any atom is 0.249 e. The number of sulfonamides is 1. The summed E-state index contributed by atoms with van der Waals surface area (Å²) in [6.45, 7) is 6.65. The van der Waals surface area contributed by atoms with Gasteiger partial charge in [-0.2, -0.15) is 5.10 Å². The van der Waals surface area contributed by atoms with Crippen molar-refractivity contribution in [2.45, 2.75) is 32.9 Å². The van der Waals surface area contributed by atoms with Gasteiger partial charge in [0.2, 0.25) is 10.0 Å². The van der Waals surface area contributed by atoms with E-state index in [1.807, 2.05) is 0 Å². The van der Waals surface area contributed by atoms with Crippen LogP contribution in [0.4, 0.5) is 0 Å². The first-order valence-electron chi connectivity index (χ1n) is 3.38. The van der Waals surface area contributed by atoms with E-state index in [1.54, 1.807) is 27.7 Å². The monoisotopic (exact) mass is 178 g/mol. The molecule has 0 aliphatic carbocycles. The Morgan fingerprint density at radius 1 is 1.36 bits per heavy atom. The lowest BCUT2D eigenvalue weighted by molar-refractivity contribution is 0.575. The molecule has 0 heterocycles. The number of nitrogens with one attached hydrogen (secondary N) is 1. The summed E-state index contributed by atoms with van der Waals surface area (Å²) in [6.07, 6.45) is 0. The normalized spacial score (nSPS) is 11.4. The zero-order valence-electron chi connectivity index (χ0n) is 7.25. The second-order valence-corrected chi connectivity index (χ2v) is 4.96. The van der Waals surface area contributed by atoms with Gasteiger partial charge in [-0.1, -0.05) is 0 Å². The van der Waals surface area contributed by atoms with E-state index in [9.17, 15) is 8.42 Å². The van der Waals surface area contributed by atoms with Gasteiger partial charge in [0.1, 0.15) is 0 Å². The Kier molecular flexibility index (Phi) is 3.51. The van der Waals surface area contributed by atoms with Crippen LogP contribution < -0.4 is 4.83 Å². The SMILES string of the molecule is CC(C)=NNS(=O)(=O)C(C)C. The summed E-state index contributed by atoms with van der Waals surface area (Å²) in [7, 11) is -3.23. The molecule has 0 spiro atoms. The standard InChI is InChI=1S/C6H14N2O2S/c1-5(2)7-8-11(9,10)6(3)4/h6,8H,1-4H3. The lowest BCUT2D eigenvalue weighted by atomic mass is 10.5. The molecule has 0 atom stereocenters. The predicted molar refractivity (Wildman–Crippen MR) is 46.0 cm³/mol. The number of hydrogen-bond acceptors (Lipinski definition) is 3. The first kappa shape index (κ1) is 10.4. The summed E-state index contributed by atoms with van der Waals surface area (Å²) in [5, 5.41) is 3.16. The topological polar surface area (TPSA) is 58.5 Å². The maximum atomic E-state index is 11.0. The van der Waals surface area contributed by atoms with E-state index in [1.165, 1.54) is 0 Å². The molecule has 0 radical (unpaired) electrons. The summed E-state index contributed by atoms with van der Waals surface area (Å²) < 4.78 is 22.0. The molecule has 0 aromatic heterocycles. The van der Waals surface area contributed by atoms with E-state index in [0.29, 0.717) is 5.71 Å². The second-order valence-electron chi connectivity index (χ2n) is 2.74. The Balaban J connectivity index is 4.28. The van der Waals surface area contributed by atoms with Gasteiger partial charge in [0, 0.05) is 5.71 Å². The van der Waals surface area contributed by atoms with Crippen molar-refractivity contribution in [3.8, 4) is 0 Å². The van der Waals surface area contributed by atoms with E-state index in [-0.39, 0.29) is 0 Å². The fourth-order valence-corrected chi connectivity index (χ4v) is 0.781. The Hall–Kier alpha value is -0.580. The molecule has 66 valence electrons. The molecule has 5 heteroatoms. The molecule has 0 saturated heterocycles. The van der Waals surface area contributed by atoms with Crippen molar-refractivity contribution in [3.05, 3.63) is 0 Å². The van der Waals surface area contributed by atoms with Gasteiger partial charge in [0.15, 0.2) is 0 Å². The van der Waals surface area contributed by atoms with E-state index in [2.05, 4.69) is 9.93 Å². The summed E-state index contributed by atoms with van der Waals surface area (Å²) >= 11 is 0. The third-order valence-electron chi connectivity index (χ3n) is 1.02. The molecule has 11 heavy (non-hydrogen) atoms. The van der Waals surface area contributed by atoms with Gasteiger partial charge in [-0.25, -0.2) is 13.2 Å². The zero-order valence-corrected chi connectivity index (χ0v) is 8.07. The highest BCUT2D eigenvalue weighted by molar-refractivity contribution is 7.90. The first-order valence-corrected chi connectivity index (χ1v) is 4.92. The molecule has 0 bridgehead atoms. The van der Waals surface area contributed by atoms with Crippen LogP contribution in [0, 0.1) is 0 Å². The first-order chi connectivity index (χ1) is 4.86. The third-order valence-corrected chi connectivity index (χ3v) is 2.60.